The van der Waals surface area contributed by atoms with E-state index in [1.807, 2.05) is 4.90 Å². The molecular formula is C21H21F3N4O2. The van der Waals surface area contributed by atoms with E-state index in [1.165, 1.54) is 24.3 Å². The number of likely N-dealkylation sites (tertiary alicyclic amines) is 1. The Labute approximate surface area is 171 Å². The standard InChI is InChI=1S/C21H21F3N4O2/c22-21(23,24)19(14-6-2-1-3-7-14)26-20(30)18-16-8-4-5-10-28(16)17(25-18)13-27-11-9-15(29)12-27/h1-8,10,15,19,29H,9,11-13H2,(H,26,30). The number of rotatable bonds is 5. The van der Waals surface area contributed by atoms with E-state index in [0.29, 0.717) is 37.4 Å². The van der Waals surface area contributed by atoms with Crippen molar-refractivity contribution in [3.63, 3.8) is 0 Å². The number of β-amino-alcohol motifs (C(OH)–C–C–N with tert-alkyl or cyclic N) is 1. The summed E-state index contributed by atoms with van der Waals surface area (Å²) in [6.07, 6.45) is -2.68. The largest absolute Gasteiger partial charge is 0.412 e. The second-order valence-corrected chi connectivity index (χ2v) is 7.37. The number of nitrogens with zero attached hydrogens (tertiary/aromatic N) is 3. The monoisotopic (exact) mass is 418 g/mol. The molecule has 0 saturated carbocycles. The minimum absolute atomic E-state index is 0.0480. The number of aliphatic hydroxyl groups is 1. The molecule has 2 unspecified atom stereocenters. The first-order valence-electron chi connectivity index (χ1n) is 9.62. The Bertz CT molecular complexity index is 1040. The van der Waals surface area contributed by atoms with Crippen molar-refractivity contribution in [3.05, 3.63) is 71.8 Å². The zero-order chi connectivity index (χ0) is 21.3. The molecule has 1 amide bonds. The van der Waals surface area contributed by atoms with Gasteiger partial charge in [0.05, 0.1) is 18.2 Å². The van der Waals surface area contributed by atoms with E-state index in [-0.39, 0.29) is 11.3 Å². The van der Waals surface area contributed by atoms with Crippen molar-refractivity contribution < 1.29 is 23.1 Å². The number of carbonyl (C=O) groups is 1. The molecule has 3 heterocycles. The zero-order valence-electron chi connectivity index (χ0n) is 16.0. The number of pyridine rings is 1. The van der Waals surface area contributed by atoms with Gasteiger partial charge >= 0.3 is 6.18 Å². The third kappa shape index (κ3) is 4.17. The normalized spacial score (nSPS) is 18.6. The van der Waals surface area contributed by atoms with Crippen LogP contribution < -0.4 is 5.32 Å². The molecule has 0 aliphatic carbocycles. The van der Waals surface area contributed by atoms with Crippen molar-refractivity contribution in [2.45, 2.75) is 31.3 Å². The Morgan fingerprint density at radius 1 is 1.20 bits per heavy atom. The minimum Gasteiger partial charge on any atom is -0.392 e. The minimum atomic E-state index is -4.65. The molecule has 0 bridgehead atoms. The summed E-state index contributed by atoms with van der Waals surface area (Å²) in [5.41, 5.74) is 0.322. The number of imidazole rings is 1. The van der Waals surface area contributed by atoms with Gasteiger partial charge in [0.2, 0.25) is 0 Å². The number of hydrogen-bond donors (Lipinski definition) is 2. The summed E-state index contributed by atoms with van der Waals surface area (Å²) >= 11 is 0. The van der Waals surface area contributed by atoms with E-state index in [2.05, 4.69) is 10.3 Å². The predicted molar refractivity (Wildman–Crippen MR) is 104 cm³/mol. The first-order valence-corrected chi connectivity index (χ1v) is 9.62. The fourth-order valence-electron chi connectivity index (χ4n) is 3.73. The van der Waals surface area contributed by atoms with E-state index in [0.717, 1.165) is 0 Å². The molecule has 0 spiro atoms. The highest BCUT2D eigenvalue weighted by atomic mass is 19.4. The topological polar surface area (TPSA) is 69.9 Å². The highest BCUT2D eigenvalue weighted by Gasteiger charge is 2.42. The number of carbonyl (C=O) groups excluding carboxylic acids is 1. The van der Waals surface area contributed by atoms with Gasteiger partial charge in [0.15, 0.2) is 11.7 Å². The predicted octanol–water partition coefficient (Wildman–Crippen LogP) is 2.93. The maximum Gasteiger partial charge on any atom is 0.412 e. The van der Waals surface area contributed by atoms with Gasteiger partial charge in [-0.25, -0.2) is 4.98 Å². The molecule has 3 aromatic rings. The molecule has 6 nitrogen and oxygen atoms in total. The molecule has 2 N–H and O–H groups in total. The Kier molecular flexibility index (Phi) is 5.48. The number of aliphatic hydroxyl groups excluding tert-OH is 1. The van der Waals surface area contributed by atoms with Crippen LogP contribution in [-0.4, -0.2) is 50.7 Å². The van der Waals surface area contributed by atoms with Crippen molar-refractivity contribution in [3.8, 4) is 0 Å². The molecule has 0 radical (unpaired) electrons. The van der Waals surface area contributed by atoms with Crippen molar-refractivity contribution in [2.24, 2.45) is 0 Å². The molecule has 1 aliphatic heterocycles. The van der Waals surface area contributed by atoms with Crippen LogP contribution in [0.15, 0.2) is 54.7 Å². The van der Waals surface area contributed by atoms with Gasteiger partial charge < -0.3 is 14.8 Å². The quantitative estimate of drug-likeness (QED) is 0.669. The van der Waals surface area contributed by atoms with Gasteiger partial charge in [-0.2, -0.15) is 13.2 Å². The summed E-state index contributed by atoms with van der Waals surface area (Å²) in [5, 5.41) is 11.8. The molecule has 1 aromatic carbocycles. The molecule has 1 aliphatic rings. The van der Waals surface area contributed by atoms with Gasteiger partial charge in [0.25, 0.3) is 5.91 Å². The number of hydrogen-bond acceptors (Lipinski definition) is 4. The summed E-state index contributed by atoms with van der Waals surface area (Å²) in [4.78, 5) is 19.2. The number of amides is 1. The third-order valence-electron chi connectivity index (χ3n) is 5.18. The van der Waals surface area contributed by atoms with Crippen molar-refractivity contribution >= 4 is 11.4 Å². The van der Waals surface area contributed by atoms with Crippen molar-refractivity contribution in [2.75, 3.05) is 13.1 Å². The number of aromatic nitrogens is 2. The molecule has 158 valence electrons. The van der Waals surface area contributed by atoms with Gasteiger partial charge in [-0.05, 0) is 24.1 Å². The second-order valence-electron chi connectivity index (χ2n) is 7.37. The molecule has 2 aromatic heterocycles. The summed E-state index contributed by atoms with van der Waals surface area (Å²) in [6.45, 7) is 1.57. The summed E-state index contributed by atoms with van der Waals surface area (Å²) in [7, 11) is 0. The number of alkyl halides is 3. The smallest absolute Gasteiger partial charge is 0.392 e. The molecular weight excluding hydrogens is 397 g/mol. The van der Waals surface area contributed by atoms with E-state index < -0.39 is 24.2 Å². The highest BCUT2D eigenvalue weighted by molar-refractivity contribution is 5.99. The summed E-state index contributed by atoms with van der Waals surface area (Å²) < 4.78 is 42.6. The Hall–Kier alpha value is -2.91. The lowest BCUT2D eigenvalue weighted by Gasteiger charge is -2.21. The van der Waals surface area contributed by atoms with E-state index in [4.69, 9.17) is 0 Å². The molecule has 4 rings (SSSR count). The van der Waals surface area contributed by atoms with Gasteiger partial charge in [-0.1, -0.05) is 36.4 Å². The molecule has 9 heteroatoms. The molecule has 2 atom stereocenters. The van der Waals surface area contributed by atoms with Crippen LogP contribution in [0.2, 0.25) is 0 Å². The van der Waals surface area contributed by atoms with Crippen LogP contribution in [0.4, 0.5) is 13.2 Å². The summed E-state index contributed by atoms with van der Waals surface area (Å²) in [5.74, 6) is -0.356. The lowest BCUT2D eigenvalue weighted by atomic mass is 10.1. The second kappa shape index (κ2) is 8.08. The molecule has 1 fully saturated rings. The zero-order valence-corrected chi connectivity index (χ0v) is 16.0. The lowest BCUT2D eigenvalue weighted by molar-refractivity contribution is -0.155. The Morgan fingerprint density at radius 3 is 2.60 bits per heavy atom. The van der Waals surface area contributed by atoms with Crippen molar-refractivity contribution in [1.82, 2.24) is 19.6 Å². The highest BCUT2D eigenvalue weighted by Crippen LogP contribution is 2.33. The fraction of sp³-hybridized carbons (Fsp3) is 0.333. The van der Waals surface area contributed by atoms with Crippen LogP contribution in [0, 0.1) is 0 Å². The van der Waals surface area contributed by atoms with Crippen LogP contribution in [0.25, 0.3) is 5.52 Å². The van der Waals surface area contributed by atoms with Crippen LogP contribution >= 0.6 is 0 Å². The van der Waals surface area contributed by atoms with Gasteiger partial charge in [-0.15, -0.1) is 0 Å². The van der Waals surface area contributed by atoms with E-state index in [1.54, 1.807) is 34.9 Å². The Balaban J connectivity index is 1.64. The molecule has 1 saturated heterocycles. The van der Waals surface area contributed by atoms with Crippen LogP contribution in [0.3, 0.4) is 0 Å². The average molecular weight is 418 g/mol. The fourth-order valence-corrected chi connectivity index (χ4v) is 3.73. The summed E-state index contributed by atoms with van der Waals surface area (Å²) in [6, 6.07) is 10.2. The SMILES string of the molecule is O=C(NC(c1ccccc1)C(F)(F)F)c1nc(CN2CCC(O)C2)n2ccccc12. The van der Waals surface area contributed by atoms with Crippen LogP contribution in [0.5, 0.6) is 0 Å². The average Bonchev–Trinajstić information content (AvgIpc) is 3.30. The van der Waals surface area contributed by atoms with Gasteiger partial charge in [0.1, 0.15) is 5.82 Å². The number of fused-ring (bicyclic) bond motifs is 1. The maximum absolute atomic E-state index is 13.6. The van der Waals surface area contributed by atoms with Crippen LogP contribution in [0.1, 0.15) is 34.3 Å². The number of benzene rings is 1. The van der Waals surface area contributed by atoms with Gasteiger partial charge in [-0.3, -0.25) is 9.69 Å². The van der Waals surface area contributed by atoms with E-state index in [9.17, 15) is 23.1 Å². The van der Waals surface area contributed by atoms with E-state index >= 15 is 0 Å². The third-order valence-corrected chi connectivity index (χ3v) is 5.18. The van der Waals surface area contributed by atoms with Gasteiger partial charge in [0, 0.05) is 19.3 Å². The lowest BCUT2D eigenvalue weighted by Crippen LogP contribution is -2.38. The van der Waals surface area contributed by atoms with Crippen molar-refractivity contribution in [1.29, 1.82) is 0 Å². The Morgan fingerprint density at radius 2 is 1.93 bits per heavy atom. The first-order chi connectivity index (χ1) is 14.3. The maximum atomic E-state index is 13.6. The first kappa shape index (κ1) is 20.4. The molecule has 30 heavy (non-hydrogen) atoms. The van der Waals surface area contributed by atoms with Crippen LogP contribution in [-0.2, 0) is 6.54 Å². The number of halogens is 3. The number of nitrogens with one attached hydrogen (secondary N) is 1.